The molecule has 0 amide bonds. The first kappa shape index (κ1) is 19.5. The van der Waals surface area contributed by atoms with Gasteiger partial charge in [-0.2, -0.15) is 5.26 Å². The van der Waals surface area contributed by atoms with E-state index in [2.05, 4.69) is 16.0 Å². The lowest BCUT2D eigenvalue weighted by Gasteiger charge is -2.01. The Kier molecular flexibility index (Phi) is 6.33. The zero-order valence-electron chi connectivity index (χ0n) is 14.6. The third-order valence-corrected chi connectivity index (χ3v) is 4.76. The SMILES string of the molecule is N#Cc1c[nH]cc1-c1ccccc1Cl.O=Cc1c[nH]cc1-c1ccccc1Cl. The molecule has 4 aromatic rings. The van der Waals surface area contributed by atoms with Crippen molar-refractivity contribution in [3.8, 4) is 28.3 Å². The summed E-state index contributed by atoms with van der Waals surface area (Å²) in [6.07, 6.45) is 7.68. The van der Waals surface area contributed by atoms with Gasteiger partial charge in [-0.15, -0.1) is 0 Å². The van der Waals surface area contributed by atoms with Crippen molar-refractivity contribution < 1.29 is 4.79 Å². The quantitative estimate of drug-likeness (QED) is 0.388. The van der Waals surface area contributed by atoms with Crippen LogP contribution in [0.4, 0.5) is 0 Å². The summed E-state index contributed by atoms with van der Waals surface area (Å²) in [4.78, 5) is 16.5. The Morgan fingerprint density at radius 3 is 1.86 bits per heavy atom. The highest BCUT2D eigenvalue weighted by Gasteiger charge is 2.08. The van der Waals surface area contributed by atoms with Crippen molar-refractivity contribution in [3.05, 3.63) is 94.5 Å². The van der Waals surface area contributed by atoms with Crippen LogP contribution in [0.1, 0.15) is 15.9 Å². The highest BCUT2D eigenvalue weighted by Crippen LogP contribution is 2.30. The van der Waals surface area contributed by atoms with Crippen LogP contribution in [0.15, 0.2) is 73.3 Å². The summed E-state index contributed by atoms with van der Waals surface area (Å²) in [6.45, 7) is 0. The largest absolute Gasteiger partial charge is 0.366 e. The molecule has 4 rings (SSSR count). The molecule has 0 radical (unpaired) electrons. The number of nitrogens with one attached hydrogen (secondary N) is 2. The molecular formula is C22H15Cl2N3O. The van der Waals surface area contributed by atoms with Gasteiger partial charge in [-0.3, -0.25) is 4.79 Å². The summed E-state index contributed by atoms with van der Waals surface area (Å²) >= 11 is 12.0. The van der Waals surface area contributed by atoms with Crippen LogP contribution in [-0.2, 0) is 0 Å². The lowest BCUT2D eigenvalue weighted by atomic mass is 10.1. The van der Waals surface area contributed by atoms with Crippen molar-refractivity contribution in [2.75, 3.05) is 0 Å². The topological polar surface area (TPSA) is 72.4 Å². The standard InChI is InChI=1S/C11H7ClN2.C11H8ClNO/c12-11-4-2-1-3-9(11)10-7-14-6-8(10)5-13;12-11-4-2-1-3-9(11)10-6-13-5-8(10)7-14/h1-4,6-7,14H;1-7,13H. The Morgan fingerprint density at radius 2 is 1.29 bits per heavy atom. The first-order valence-electron chi connectivity index (χ1n) is 8.34. The third kappa shape index (κ3) is 4.17. The number of hydrogen-bond donors (Lipinski definition) is 2. The number of rotatable bonds is 3. The Morgan fingerprint density at radius 1 is 0.750 bits per heavy atom. The van der Waals surface area contributed by atoms with Crippen molar-refractivity contribution in [1.29, 1.82) is 5.26 Å². The van der Waals surface area contributed by atoms with Gasteiger partial charge in [0.05, 0.1) is 5.56 Å². The minimum absolute atomic E-state index is 0.609. The van der Waals surface area contributed by atoms with Gasteiger partial charge in [0.1, 0.15) is 6.07 Å². The van der Waals surface area contributed by atoms with Crippen LogP contribution in [0.25, 0.3) is 22.3 Å². The lowest BCUT2D eigenvalue weighted by Crippen LogP contribution is -1.82. The van der Waals surface area contributed by atoms with Gasteiger partial charge in [-0.05, 0) is 12.1 Å². The molecule has 2 aromatic carbocycles. The van der Waals surface area contributed by atoms with Crippen molar-refractivity contribution >= 4 is 29.5 Å². The van der Waals surface area contributed by atoms with E-state index in [1.807, 2.05) is 42.5 Å². The Labute approximate surface area is 172 Å². The smallest absolute Gasteiger partial charge is 0.152 e. The van der Waals surface area contributed by atoms with Gasteiger partial charge in [-0.1, -0.05) is 59.6 Å². The molecule has 138 valence electrons. The van der Waals surface area contributed by atoms with E-state index in [9.17, 15) is 4.79 Å². The van der Waals surface area contributed by atoms with E-state index in [1.165, 1.54) is 0 Å². The van der Waals surface area contributed by atoms with Crippen molar-refractivity contribution in [2.24, 2.45) is 0 Å². The maximum atomic E-state index is 10.7. The van der Waals surface area contributed by atoms with Gasteiger partial charge < -0.3 is 9.97 Å². The van der Waals surface area contributed by atoms with Crippen LogP contribution in [-0.4, -0.2) is 16.3 Å². The second kappa shape index (κ2) is 9.09. The molecule has 0 spiro atoms. The lowest BCUT2D eigenvalue weighted by molar-refractivity contribution is 0.112. The van der Waals surface area contributed by atoms with E-state index in [4.69, 9.17) is 28.5 Å². The predicted molar refractivity (Wildman–Crippen MR) is 113 cm³/mol. The molecule has 0 atom stereocenters. The number of benzene rings is 2. The summed E-state index contributed by atoms with van der Waals surface area (Å²) in [5, 5.41) is 10.2. The van der Waals surface area contributed by atoms with E-state index < -0.39 is 0 Å². The van der Waals surface area contributed by atoms with Crippen molar-refractivity contribution in [3.63, 3.8) is 0 Å². The summed E-state index contributed by atoms with van der Waals surface area (Å²) in [7, 11) is 0. The number of aldehydes is 1. The molecule has 0 aliphatic rings. The number of carbonyl (C=O) groups excluding carboxylic acids is 1. The first-order valence-corrected chi connectivity index (χ1v) is 9.10. The molecule has 0 unspecified atom stereocenters. The highest BCUT2D eigenvalue weighted by atomic mass is 35.5. The monoisotopic (exact) mass is 407 g/mol. The molecule has 2 heterocycles. The van der Waals surface area contributed by atoms with Crippen molar-refractivity contribution in [1.82, 2.24) is 9.97 Å². The number of hydrogen-bond acceptors (Lipinski definition) is 2. The molecule has 6 heteroatoms. The molecule has 28 heavy (non-hydrogen) atoms. The van der Waals surface area contributed by atoms with Gasteiger partial charge in [0.2, 0.25) is 0 Å². The fourth-order valence-electron chi connectivity index (χ4n) is 2.75. The average molecular weight is 408 g/mol. The zero-order valence-corrected chi connectivity index (χ0v) is 16.1. The highest BCUT2D eigenvalue weighted by molar-refractivity contribution is 6.33. The molecule has 0 aliphatic heterocycles. The Balaban J connectivity index is 0.000000161. The number of nitriles is 1. The molecule has 0 saturated heterocycles. The summed E-state index contributed by atoms with van der Waals surface area (Å²) < 4.78 is 0. The van der Waals surface area contributed by atoms with Crippen LogP contribution in [0.3, 0.4) is 0 Å². The fraction of sp³-hybridized carbons (Fsp3) is 0. The minimum atomic E-state index is 0.609. The third-order valence-electron chi connectivity index (χ3n) is 4.10. The van der Waals surface area contributed by atoms with Gasteiger partial charge >= 0.3 is 0 Å². The zero-order chi connectivity index (χ0) is 19.9. The molecule has 0 bridgehead atoms. The number of aromatic amines is 2. The van der Waals surface area contributed by atoms with Crippen LogP contribution in [0.5, 0.6) is 0 Å². The second-order valence-corrected chi connectivity index (χ2v) is 6.61. The van der Waals surface area contributed by atoms with Gasteiger partial charge in [0.25, 0.3) is 0 Å². The summed E-state index contributed by atoms with van der Waals surface area (Å²) in [6, 6.07) is 17.0. The van der Waals surface area contributed by atoms with Gasteiger partial charge in [0, 0.05) is 62.6 Å². The molecule has 4 nitrogen and oxygen atoms in total. The van der Waals surface area contributed by atoms with Crippen LogP contribution in [0, 0.1) is 11.3 Å². The number of H-pyrrole nitrogens is 2. The number of nitrogens with zero attached hydrogens (tertiary/aromatic N) is 1. The molecule has 2 aromatic heterocycles. The fourth-order valence-corrected chi connectivity index (χ4v) is 3.22. The van der Waals surface area contributed by atoms with Crippen LogP contribution in [0.2, 0.25) is 10.0 Å². The molecular weight excluding hydrogens is 393 g/mol. The Hall–Kier alpha value is -3.26. The molecule has 0 aliphatic carbocycles. The van der Waals surface area contributed by atoms with Crippen LogP contribution >= 0.6 is 23.2 Å². The van der Waals surface area contributed by atoms with Gasteiger partial charge in [-0.25, -0.2) is 0 Å². The summed E-state index contributed by atoms with van der Waals surface area (Å²) in [5.74, 6) is 0. The average Bonchev–Trinajstić information content (AvgIpc) is 3.38. The Bertz CT molecular complexity index is 1140. The van der Waals surface area contributed by atoms with Crippen LogP contribution < -0.4 is 0 Å². The van der Waals surface area contributed by atoms with E-state index in [-0.39, 0.29) is 0 Å². The number of aromatic nitrogens is 2. The van der Waals surface area contributed by atoms with Crippen molar-refractivity contribution in [2.45, 2.75) is 0 Å². The molecule has 0 fully saturated rings. The number of carbonyl (C=O) groups is 1. The van der Waals surface area contributed by atoms with Gasteiger partial charge in [0.15, 0.2) is 6.29 Å². The predicted octanol–water partition coefficient (Wildman–Crippen LogP) is 6.35. The molecule has 2 N–H and O–H groups in total. The summed E-state index contributed by atoms with van der Waals surface area (Å²) in [5.41, 5.74) is 4.67. The first-order chi connectivity index (χ1) is 13.7. The minimum Gasteiger partial charge on any atom is -0.366 e. The second-order valence-electron chi connectivity index (χ2n) is 5.80. The normalized spacial score (nSPS) is 9.89. The van der Waals surface area contributed by atoms with E-state index in [0.717, 1.165) is 28.5 Å². The molecule has 0 saturated carbocycles. The number of halogens is 2. The van der Waals surface area contributed by atoms with E-state index in [0.29, 0.717) is 21.2 Å². The maximum Gasteiger partial charge on any atom is 0.152 e. The van der Waals surface area contributed by atoms with E-state index >= 15 is 0 Å². The van der Waals surface area contributed by atoms with E-state index in [1.54, 1.807) is 30.9 Å². The maximum absolute atomic E-state index is 10.7.